The minimum Gasteiger partial charge on any atom is -0.464 e. The van der Waals surface area contributed by atoms with Crippen molar-refractivity contribution in [3.05, 3.63) is 35.9 Å². The predicted molar refractivity (Wildman–Crippen MR) is 83.0 cm³/mol. The van der Waals surface area contributed by atoms with Crippen molar-refractivity contribution in [2.24, 2.45) is 5.92 Å². The highest BCUT2D eigenvalue weighted by Crippen LogP contribution is 2.09. The fraction of sp³-hybridized carbons (Fsp3) is 0.529. The highest BCUT2D eigenvalue weighted by atomic mass is 16.5. The number of rotatable bonds is 8. The second-order valence-electron chi connectivity index (χ2n) is 5.54. The first-order valence-electron chi connectivity index (χ1n) is 7.57. The van der Waals surface area contributed by atoms with Gasteiger partial charge in [0.2, 0.25) is 0 Å². The van der Waals surface area contributed by atoms with Gasteiger partial charge >= 0.3 is 5.97 Å². The van der Waals surface area contributed by atoms with Gasteiger partial charge in [-0.1, -0.05) is 45.4 Å². The Balaban J connectivity index is 2.65. The maximum Gasteiger partial charge on any atom is 0.328 e. The highest BCUT2D eigenvalue weighted by molar-refractivity contribution is 5.96. The summed E-state index contributed by atoms with van der Waals surface area (Å²) in [5.74, 6) is -0.292. The van der Waals surface area contributed by atoms with Crippen LogP contribution in [-0.4, -0.2) is 24.5 Å². The number of nitrogens with one attached hydrogen (secondary N) is 1. The number of carbonyl (C=O) groups is 2. The molecule has 4 heteroatoms. The van der Waals surface area contributed by atoms with Crippen LogP contribution in [0, 0.1) is 5.92 Å². The Bertz CT molecular complexity index is 443. The van der Waals surface area contributed by atoms with Crippen molar-refractivity contribution in [3.8, 4) is 0 Å². The van der Waals surface area contributed by atoms with Gasteiger partial charge in [-0.25, -0.2) is 4.79 Å². The Morgan fingerprint density at radius 3 is 2.43 bits per heavy atom. The Hall–Kier alpha value is -1.84. The molecule has 0 radical (unpaired) electrons. The first-order valence-corrected chi connectivity index (χ1v) is 7.57. The molecule has 4 nitrogen and oxygen atoms in total. The average molecular weight is 291 g/mol. The van der Waals surface area contributed by atoms with Crippen LogP contribution in [0.4, 0.5) is 0 Å². The van der Waals surface area contributed by atoms with Crippen LogP contribution in [0.2, 0.25) is 0 Å². The molecule has 1 aromatic carbocycles. The van der Waals surface area contributed by atoms with Gasteiger partial charge in [0.15, 0.2) is 0 Å². The lowest BCUT2D eigenvalue weighted by atomic mass is 10.0. The molecule has 0 saturated heterocycles. The van der Waals surface area contributed by atoms with Gasteiger partial charge in [-0.15, -0.1) is 0 Å². The summed E-state index contributed by atoms with van der Waals surface area (Å²) >= 11 is 0. The smallest absolute Gasteiger partial charge is 0.328 e. The number of benzene rings is 1. The van der Waals surface area contributed by atoms with Crippen molar-refractivity contribution in [2.75, 3.05) is 6.61 Å². The Morgan fingerprint density at radius 1 is 1.19 bits per heavy atom. The normalized spacial score (nSPS) is 12.0. The van der Waals surface area contributed by atoms with Crippen LogP contribution in [0.3, 0.4) is 0 Å². The van der Waals surface area contributed by atoms with Gasteiger partial charge in [-0.3, -0.25) is 4.79 Å². The van der Waals surface area contributed by atoms with E-state index in [4.69, 9.17) is 4.74 Å². The molecule has 0 bridgehead atoms. The zero-order valence-electron chi connectivity index (χ0n) is 13.1. The molecule has 1 N–H and O–H groups in total. The van der Waals surface area contributed by atoms with E-state index in [2.05, 4.69) is 5.32 Å². The molecular formula is C17H25NO3. The van der Waals surface area contributed by atoms with Crippen molar-refractivity contribution < 1.29 is 14.3 Å². The molecule has 0 aliphatic carbocycles. The van der Waals surface area contributed by atoms with Crippen LogP contribution in [0.5, 0.6) is 0 Å². The van der Waals surface area contributed by atoms with Crippen molar-refractivity contribution in [3.63, 3.8) is 0 Å². The highest BCUT2D eigenvalue weighted by Gasteiger charge is 2.23. The van der Waals surface area contributed by atoms with Crippen LogP contribution in [0.25, 0.3) is 0 Å². The molecule has 1 amide bonds. The minimum absolute atomic E-state index is 0.242. The van der Waals surface area contributed by atoms with Gasteiger partial charge in [0.25, 0.3) is 5.91 Å². The van der Waals surface area contributed by atoms with Crippen LogP contribution >= 0.6 is 0 Å². The molecule has 0 saturated carbocycles. The van der Waals surface area contributed by atoms with E-state index >= 15 is 0 Å². The van der Waals surface area contributed by atoms with Crippen LogP contribution < -0.4 is 5.32 Å². The number of hydrogen-bond donors (Lipinski definition) is 1. The van der Waals surface area contributed by atoms with Crippen molar-refractivity contribution in [1.82, 2.24) is 5.32 Å². The van der Waals surface area contributed by atoms with Crippen molar-refractivity contribution >= 4 is 11.9 Å². The number of ether oxygens (including phenoxy) is 1. The minimum atomic E-state index is -0.588. The van der Waals surface area contributed by atoms with Gasteiger partial charge in [-0.05, 0) is 30.9 Å². The lowest BCUT2D eigenvalue weighted by Crippen LogP contribution is -2.42. The van der Waals surface area contributed by atoms with E-state index in [1.807, 2.05) is 26.8 Å². The number of hydrogen-bond acceptors (Lipinski definition) is 3. The summed E-state index contributed by atoms with van der Waals surface area (Å²) in [7, 11) is 0. The lowest BCUT2D eigenvalue weighted by Gasteiger charge is -2.19. The zero-order chi connectivity index (χ0) is 15.7. The van der Waals surface area contributed by atoms with E-state index < -0.39 is 6.04 Å². The average Bonchev–Trinajstić information content (AvgIpc) is 2.47. The van der Waals surface area contributed by atoms with Crippen LogP contribution in [0.15, 0.2) is 30.3 Å². The molecule has 21 heavy (non-hydrogen) atoms. The predicted octanol–water partition coefficient (Wildman–Crippen LogP) is 3.17. The molecule has 0 aliphatic heterocycles. The first kappa shape index (κ1) is 17.2. The molecule has 0 aromatic heterocycles. The second kappa shape index (κ2) is 9.16. The monoisotopic (exact) mass is 291 g/mol. The van der Waals surface area contributed by atoms with Crippen molar-refractivity contribution in [1.29, 1.82) is 0 Å². The van der Waals surface area contributed by atoms with Gasteiger partial charge in [0.05, 0.1) is 6.61 Å². The number of unbranched alkanes of at least 4 members (excludes halogenated alkanes) is 1. The molecule has 1 atom stereocenters. The third-order valence-electron chi connectivity index (χ3n) is 3.08. The number of carbonyl (C=O) groups excluding carboxylic acids is 2. The summed E-state index contributed by atoms with van der Waals surface area (Å²) in [6.45, 7) is 6.48. The molecule has 1 rings (SSSR count). The van der Waals surface area contributed by atoms with E-state index in [9.17, 15) is 9.59 Å². The third-order valence-corrected chi connectivity index (χ3v) is 3.08. The summed E-state index contributed by atoms with van der Waals surface area (Å²) < 4.78 is 5.23. The topological polar surface area (TPSA) is 55.4 Å². The lowest BCUT2D eigenvalue weighted by molar-refractivity contribution is -0.146. The maximum atomic E-state index is 12.2. The fourth-order valence-electron chi connectivity index (χ4n) is 1.93. The molecule has 0 spiro atoms. The Kier molecular flexibility index (Phi) is 7.51. The van der Waals surface area contributed by atoms with Gasteiger partial charge in [0.1, 0.15) is 6.04 Å². The first-order chi connectivity index (χ1) is 10.0. The van der Waals surface area contributed by atoms with E-state index in [-0.39, 0.29) is 11.9 Å². The summed E-state index contributed by atoms with van der Waals surface area (Å²) in [5.41, 5.74) is 0.549. The molecule has 116 valence electrons. The largest absolute Gasteiger partial charge is 0.464 e. The van der Waals surface area contributed by atoms with E-state index in [0.29, 0.717) is 24.5 Å². The third kappa shape index (κ3) is 6.43. The quantitative estimate of drug-likeness (QED) is 0.591. The molecule has 0 fully saturated rings. The molecule has 1 aromatic rings. The SMILES string of the molecule is CCCCOC(=O)[C@H](CC(C)C)NC(=O)c1ccccc1. The summed E-state index contributed by atoms with van der Waals surface area (Å²) in [6, 6.07) is 8.31. The van der Waals surface area contributed by atoms with E-state index in [0.717, 1.165) is 12.8 Å². The number of amides is 1. The maximum absolute atomic E-state index is 12.2. The Labute approximate surface area is 126 Å². The van der Waals surface area contributed by atoms with Gasteiger partial charge < -0.3 is 10.1 Å². The van der Waals surface area contributed by atoms with Crippen molar-refractivity contribution in [2.45, 2.75) is 46.1 Å². The van der Waals surface area contributed by atoms with E-state index in [1.165, 1.54) is 0 Å². The fourth-order valence-corrected chi connectivity index (χ4v) is 1.93. The van der Waals surface area contributed by atoms with Crippen LogP contribution in [-0.2, 0) is 9.53 Å². The molecule has 0 heterocycles. The summed E-state index contributed by atoms with van der Waals surface area (Å²) in [6.07, 6.45) is 2.38. The summed E-state index contributed by atoms with van der Waals surface area (Å²) in [4.78, 5) is 24.2. The Morgan fingerprint density at radius 2 is 1.86 bits per heavy atom. The van der Waals surface area contributed by atoms with Crippen LogP contribution in [0.1, 0.15) is 50.4 Å². The standard InChI is InChI=1S/C17H25NO3/c1-4-5-11-21-17(20)15(12-13(2)3)18-16(19)14-9-7-6-8-10-14/h6-10,13,15H,4-5,11-12H2,1-3H3,(H,18,19)/t15-/m0/s1. The van der Waals surface area contributed by atoms with Gasteiger partial charge in [-0.2, -0.15) is 0 Å². The zero-order valence-corrected chi connectivity index (χ0v) is 13.1. The second-order valence-corrected chi connectivity index (χ2v) is 5.54. The number of esters is 1. The van der Waals surface area contributed by atoms with E-state index in [1.54, 1.807) is 24.3 Å². The van der Waals surface area contributed by atoms with Gasteiger partial charge in [0, 0.05) is 5.56 Å². The molecule has 0 aliphatic rings. The summed E-state index contributed by atoms with van der Waals surface area (Å²) in [5, 5.41) is 2.78. The molecular weight excluding hydrogens is 266 g/mol. The molecule has 0 unspecified atom stereocenters.